The van der Waals surface area contributed by atoms with E-state index in [1.165, 1.54) is 4.52 Å². The summed E-state index contributed by atoms with van der Waals surface area (Å²) in [5.74, 6) is -0.464. The second kappa shape index (κ2) is 4.45. The maximum absolute atomic E-state index is 11.9. The molecule has 0 saturated carbocycles. The second-order valence-electron chi connectivity index (χ2n) is 3.82. The number of carbonyl (C=O) groups is 1. The zero-order valence-corrected chi connectivity index (χ0v) is 10.4. The van der Waals surface area contributed by atoms with E-state index in [9.17, 15) is 4.79 Å². The quantitative estimate of drug-likeness (QED) is 0.746. The summed E-state index contributed by atoms with van der Waals surface area (Å²) < 4.78 is 6.37. The topological polar surface area (TPSA) is 80.3 Å². The summed E-state index contributed by atoms with van der Waals surface area (Å²) in [4.78, 5) is 16.0. The number of ether oxygens (including phenoxy) is 1. The van der Waals surface area contributed by atoms with Crippen LogP contribution in [-0.4, -0.2) is 27.2 Å². The van der Waals surface area contributed by atoms with Gasteiger partial charge in [0.1, 0.15) is 11.6 Å². The molecule has 2 heterocycles. The number of rotatable bonds is 2. The molecule has 0 aliphatic carbocycles. The molecule has 0 fully saturated rings. The minimum atomic E-state index is -0.464. The van der Waals surface area contributed by atoms with Gasteiger partial charge < -0.3 is 4.74 Å². The molecule has 0 bridgehead atoms. The molecule has 0 spiro atoms. The normalized spacial score (nSPS) is 10.3. The Balaban J connectivity index is 2.76. The lowest BCUT2D eigenvalue weighted by Crippen LogP contribution is -2.14. The Morgan fingerprint density at radius 3 is 2.89 bits per heavy atom. The molecule has 0 radical (unpaired) electrons. The summed E-state index contributed by atoms with van der Waals surface area (Å²) in [7, 11) is 0. The summed E-state index contributed by atoms with van der Waals surface area (Å²) >= 11 is 0. The van der Waals surface area contributed by atoms with E-state index < -0.39 is 5.97 Å². The van der Waals surface area contributed by atoms with Gasteiger partial charge in [-0.2, -0.15) is 10.4 Å². The number of carbonyl (C=O) groups excluding carboxylic acids is 1. The Bertz CT molecular complexity index is 667. The van der Waals surface area contributed by atoms with E-state index in [0.29, 0.717) is 28.2 Å². The fourth-order valence-corrected chi connectivity index (χ4v) is 1.75. The first-order valence-electron chi connectivity index (χ1n) is 5.52. The number of esters is 1. The highest BCUT2D eigenvalue weighted by Gasteiger charge is 2.20. The first-order chi connectivity index (χ1) is 8.60. The van der Waals surface area contributed by atoms with Gasteiger partial charge in [-0.05, 0) is 20.8 Å². The molecule has 0 saturated heterocycles. The van der Waals surface area contributed by atoms with E-state index in [4.69, 9.17) is 10.00 Å². The highest BCUT2D eigenvalue weighted by molar-refractivity contribution is 5.90. The maximum atomic E-state index is 11.9. The van der Waals surface area contributed by atoms with Gasteiger partial charge in [0.25, 0.3) is 0 Å². The molecule has 2 rings (SSSR count). The summed E-state index contributed by atoms with van der Waals surface area (Å²) in [6.07, 6.45) is 1.55. The molecule has 6 nitrogen and oxygen atoms in total. The van der Waals surface area contributed by atoms with Crippen LogP contribution in [0.25, 0.3) is 5.65 Å². The van der Waals surface area contributed by atoms with Gasteiger partial charge in [0.05, 0.1) is 12.3 Å². The molecule has 0 aliphatic heterocycles. The van der Waals surface area contributed by atoms with Gasteiger partial charge in [-0.15, -0.1) is 0 Å². The molecule has 0 atom stereocenters. The Hall–Kier alpha value is -2.42. The van der Waals surface area contributed by atoms with Crippen molar-refractivity contribution in [2.45, 2.75) is 20.8 Å². The van der Waals surface area contributed by atoms with Gasteiger partial charge in [0.15, 0.2) is 11.3 Å². The van der Waals surface area contributed by atoms with E-state index in [-0.39, 0.29) is 6.61 Å². The number of aryl methyl sites for hydroxylation is 2. The van der Waals surface area contributed by atoms with Crippen molar-refractivity contribution >= 4 is 11.6 Å². The number of nitriles is 1. The number of aromatic nitrogens is 3. The Morgan fingerprint density at radius 1 is 1.56 bits per heavy atom. The van der Waals surface area contributed by atoms with Crippen molar-refractivity contribution < 1.29 is 9.53 Å². The molecule has 0 N–H and O–H groups in total. The van der Waals surface area contributed by atoms with Crippen LogP contribution in [0.4, 0.5) is 0 Å². The zero-order chi connectivity index (χ0) is 13.3. The molecule has 0 aromatic carbocycles. The predicted molar refractivity (Wildman–Crippen MR) is 63.1 cm³/mol. The van der Waals surface area contributed by atoms with Crippen LogP contribution in [0.1, 0.15) is 34.2 Å². The van der Waals surface area contributed by atoms with Crippen LogP contribution in [0.5, 0.6) is 0 Å². The average molecular weight is 244 g/mol. The SMILES string of the molecule is CCOC(=O)c1c(C)cnc2c(C#N)c(C)nn12. The van der Waals surface area contributed by atoms with E-state index >= 15 is 0 Å². The van der Waals surface area contributed by atoms with Crippen molar-refractivity contribution in [1.29, 1.82) is 5.26 Å². The molecular formula is C12H12N4O2. The number of hydrogen-bond donors (Lipinski definition) is 0. The Morgan fingerprint density at radius 2 is 2.28 bits per heavy atom. The standard InChI is InChI=1S/C12H12N4O2/c1-4-18-12(17)10-7(2)6-14-11-9(5-13)8(3)15-16(10)11/h6H,4H2,1-3H3. The van der Waals surface area contributed by atoms with E-state index in [0.717, 1.165) is 0 Å². The third kappa shape index (κ3) is 1.70. The van der Waals surface area contributed by atoms with Crippen LogP contribution in [-0.2, 0) is 4.74 Å². The number of hydrogen-bond acceptors (Lipinski definition) is 5. The summed E-state index contributed by atoms with van der Waals surface area (Å²) in [6, 6.07) is 2.04. The highest BCUT2D eigenvalue weighted by Crippen LogP contribution is 2.16. The molecule has 0 aliphatic rings. The van der Waals surface area contributed by atoms with Crippen LogP contribution >= 0.6 is 0 Å². The van der Waals surface area contributed by atoms with Crippen LogP contribution < -0.4 is 0 Å². The first-order valence-corrected chi connectivity index (χ1v) is 5.52. The van der Waals surface area contributed by atoms with E-state index in [2.05, 4.69) is 10.1 Å². The molecule has 2 aromatic heterocycles. The lowest BCUT2D eigenvalue weighted by molar-refractivity contribution is 0.0515. The van der Waals surface area contributed by atoms with Gasteiger partial charge in [-0.3, -0.25) is 0 Å². The summed E-state index contributed by atoms with van der Waals surface area (Å²) in [5.41, 5.74) is 2.27. The van der Waals surface area contributed by atoms with Crippen LogP contribution in [0.2, 0.25) is 0 Å². The largest absolute Gasteiger partial charge is 0.461 e. The maximum Gasteiger partial charge on any atom is 0.357 e. The van der Waals surface area contributed by atoms with E-state index in [1.807, 2.05) is 6.07 Å². The molecule has 6 heteroatoms. The Kier molecular flexibility index (Phi) is 2.98. The fraction of sp³-hybridized carbons (Fsp3) is 0.333. The molecular weight excluding hydrogens is 232 g/mol. The average Bonchev–Trinajstić information content (AvgIpc) is 2.64. The number of nitrogens with zero attached hydrogens (tertiary/aromatic N) is 4. The van der Waals surface area contributed by atoms with Crippen molar-refractivity contribution in [2.75, 3.05) is 6.61 Å². The zero-order valence-electron chi connectivity index (χ0n) is 10.4. The van der Waals surface area contributed by atoms with Crippen molar-refractivity contribution in [3.63, 3.8) is 0 Å². The predicted octanol–water partition coefficient (Wildman–Crippen LogP) is 1.39. The van der Waals surface area contributed by atoms with Crippen molar-refractivity contribution in [3.8, 4) is 6.07 Å². The van der Waals surface area contributed by atoms with Gasteiger partial charge in [0.2, 0.25) is 0 Å². The summed E-state index contributed by atoms with van der Waals surface area (Å²) in [6.45, 7) is 5.48. The molecule has 0 amide bonds. The monoisotopic (exact) mass is 244 g/mol. The molecule has 0 unspecified atom stereocenters. The number of fused-ring (bicyclic) bond motifs is 1. The van der Waals surface area contributed by atoms with Crippen LogP contribution in [0.15, 0.2) is 6.20 Å². The van der Waals surface area contributed by atoms with Crippen molar-refractivity contribution in [1.82, 2.24) is 14.6 Å². The fourth-order valence-electron chi connectivity index (χ4n) is 1.75. The third-order valence-corrected chi connectivity index (χ3v) is 2.58. The smallest absolute Gasteiger partial charge is 0.357 e. The van der Waals surface area contributed by atoms with Crippen molar-refractivity contribution in [2.24, 2.45) is 0 Å². The van der Waals surface area contributed by atoms with Gasteiger partial charge in [0, 0.05) is 11.8 Å². The minimum Gasteiger partial charge on any atom is -0.461 e. The van der Waals surface area contributed by atoms with E-state index in [1.54, 1.807) is 27.0 Å². The highest BCUT2D eigenvalue weighted by atomic mass is 16.5. The molecule has 18 heavy (non-hydrogen) atoms. The first kappa shape index (κ1) is 12.0. The van der Waals surface area contributed by atoms with Crippen molar-refractivity contribution in [3.05, 3.63) is 28.7 Å². The molecule has 2 aromatic rings. The minimum absolute atomic E-state index is 0.285. The van der Waals surface area contributed by atoms with Crippen LogP contribution in [0.3, 0.4) is 0 Å². The second-order valence-corrected chi connectivity index (χ2v) is 3.82. The lowest BCUT2D eigenvalue weighted by atomic mass is 10.2. The third-order valence-electron chi connectivity index (χ3n) is 2.58. The van der Waals surface area contributed by atoms with Crippen LogP contribution in [0, 0.1) is 25.2 Å². The lowest BCUT2D eigenvalue weighted by Gasteiger charge is -2.06. The Labute approximate surface area is 104 Å². The molecule has 92 valence electrons. The van der Waals surface area contributed by atoms with Gasteiger partial charge >= 0.3 is 5.97 Å². The van der Waals surface area contributed by atoms with Gasteiger partial charge in [-0.1, -0.05) is 0 Å². The van der Waals surface area contributed by atoms with Gasteiger partial charge in [-0.25, -0.2) is 14.3 Å². The summed E-state index contributed by atoms with van der Waals surface area (Å²) in [5, 5.41) is 13.2.